The van der Waals surface area contributed by atoms with E-state index in [-0.39, 0.29) is 46.6 Å². The number of carbonyl (C=O) groups is 1. The van der Waals surface area contributed by atoms with E-state index >= 15 is 0 Å². The van der Waals surface area contributed by atoms with E-state index in [9.17, 15) is 26.4 Å². The SMILES string of the molecule is O=C(Nc1cccc(OC(F)(F)F)c1)C1CCN(S(=O)(=O)c2c(Cl)cccc2Cl)CC1. The van der Waals surface area contributed by atoms with E-state index in [0.717, 1.165) is 12.1 Å². The molecule has 1 aliphatic rings. The molecule has 6 nitrogen and oxygen atoms in total. The zero-order valence-electron chi connectivity index (χ0n) is 15.8. The van der Waals surface area contributed by atoms with Crippen molar-refractivity contribution in [1.29, 1.82) is 0 Å². The number of nitrogens with zero attached hydrogens (tertiary/aromatic N) is 1. The first-order valence-electron chi connectivity index (χ1n) is 9.08. The molecule has 1 fully saturated rings. The Hall–Kier alpha value is -2.01. The number of hydrogen-bond donors (Lipinski definition) is 1. The fourth-order valence-corrected chi connectivity index (χ4v) is 5.79. The fraction of sp³-hybridized carbons (Fsp3) is 0.316. The maximum Gasteiger partial charge on any atom is 0.573 e. The lowest BCUT2D eigenvalue weighted by Gasteiger charge is -2.31. The molecule has 168 valence electrons. The van der Waals surface area contributed by atoms with Crippen LogP contribution in [-0.4, -0.2) is 38.1 Å². The summed E-state index contributed by atoms with van der Waals surface area (Å²) in [6.07, 6.45) is -4.39. The number of carbonyl (C=O) groups excluding carboxylic acids is 1. The second kappa shape index (κ2) is 9.23. The molecule has 0 unspecified atom stereocenters. The first kappa shape index (κ1) is 23.6. The zero-order valence-corrected chi connectivity index (χ0v) is 18.2. The van der Waals surface area contributed by atoms with Gasteiger partial charge >= 0.3 is 6.36 Å². The molecular formula is C19H17Cl2F3N2O4S. The number of piperidine rings is 1. The minimum atomic E-state index is -4.84. The highest BCUT2D eigenvalue weighted by molar-refractivity contribution is 7.89. The highest BCUT2D eigenvalue weighted by atomic mass is 35.5. The quantitative estimate of drug-likeness (QED) is 0.636. The summed E-state index contributed by atoms with van der Waals surface area (Å²) in [7, 11) is -3.94. The van der Waals surface area contributed by atoms with Gasteiger partial charge in [0.25, 0.3) is 0 Å². The smallest absolute Gasteiger partial charge is 0.406 e. The number of ether oxygens (including phenoxy) is 1. The van der Waals surface area contributed by atoms with Gasteiger partial charge in [-0.15, -0.1) is 13.2 Å². The van der Waals surface area contributed by atoms with E-state index < -0.39 is 34.0 Å². The van der Waals surface area contributed by atoms with E-state index in [1.807, 2.05) is 0 Å². The normalized spacial score (nSPS) is 16.2. The minimum Gasteiger partial charge on any atom is -0.406 e. The Morgan fingerprint density at radius 3 is 2.23 bits per heavy atom. The Morgan fingerprint density at radius 1 is 1.06 bits per heavy atom. The van der Waals surface area contributed by atoms with Gasteiger partial charge in [-0.1, -0.05) is 35.3 Å². The minimum absolute atomic E-state index is 0.00771. The van der Waals surface area contributed by atoms with Gasteiger partial charge in [0.15, 0.2) is 0 Å². The van der Waals surface area contributed by atoms with Crippen molar-refractivity contribution in [2.24, 2.45) is 5.92 Å². The topological polar surface area (TPSA) is 75.7 Å². The van der Waals surface area contributed by atoms with Crippen molar-refractivity contribution in [1.82, 2.24) is 4.31 Å². The third-order valence-corrected chi connectivity index (χ3v) is 7.53. The molecule has 2 aromatic carbocycles. The number of halogens is 5. The van der Waals surface area contributed by atoms with E-state index in [0.29, 0.717) is 0 Å². The number of hydrogen-bond acceptors (Lipinski definition) is 4. The first-order valence-corrected chi connectivity index (χ1v) is 11.3. The van der Waals surface area contributed by atoms with E-state index in [4.69, 9.17) is 23.2 Å². The van der Waals surface area contributed by atoms with Crippen LogP contribution in [0.25, 0.3) is 0 Å². The molecule has 1 heterocycles. The summed E-state index contributed by atoms with van der Waals surface area (Å²) in [5.74, 6) is -1.39. The lowest BCUT2D eigenvalue weighted by Crippen LogP contribution is -2.41. The van der Waals surface area contributed by atoms with Crippen molar-refractivity contribution in [3.63, 3.8) is 0 Å². The summed E-state index contributed by atoms with van der Waals surface area (Å²) in [6, 6.07) is 9.32. The third kappa shape index (κ3) is 5.82. The predicted molar refractivity (Wildman–Crippen MR) is 110 cm³/mol. The summed E-state index contributed by atoms with van der Waals surface area (Å²) >= 11 is 12.0. The zero-order chi connectivity index (χ0) is 22.8. The Labute approximate surface area is 186 Å². The van der Waals surface area contributed by atoms with Crippen LogP contribution in [0.3, 0.4) is 0 Å². The van der Waals surface area contributed by atoms with Gasteiger partial charge in [-0.2, -0.15) is 4.31 Å². The van der Waals surface area contributed by atoms with Crippen LogP contribution < -0.4 is 10.1 Å². The molecule has 0 saturated carbocycles. The molecule has 31 heavy (non-hydrogen) atoms. The van der Waals surface area contributed by atoms with Gasteiger partial charge < -0.3 is 10.1 Å². The van der Waals surface area contributed by atoms with Crippen molar-refractivity contribution in [2.75, 3.05) is 18.4 Å². The summed E-state index contributed by atoms with van der Waals surface area (Å²) in [6.45, 7) is 0.137. The molecule has 1 amide bonds. The average molecular weight is 497 g/mol. The Balaban J connectivity index is 1.63. The number of sulfonamides is 1. The molecule has 0 aromatic heterocycles. The van der Waals surface area contributed by atoms with Gasteiger partial charge in [0.2, 0.25) is 15.9 Å². The standard InChI is InChI=1S/C19H17Cl2F3N2O4S/c20-15-5-2-6-16(21)17(15)31(28,29)26-9-7-12(8-10-26)18(27)25-13-3-1-4-14(11-13)30-19(22,23)24/h1-6,11-12H,7-10H2,(H,25,27). The van der Waals surface area contributed by atoms with Crippen LogP contribution in [0.4, 0.5) is 18.9 Å². The van der Waals surface area contributed by atoms with E-state index in [1.165, 1.54) is 34.6 Å². The number of nitrogens with one attached hydrogen (secondary N) is 1. The van der Waals surface area contributed by atoms with Crippen LogP contribution >= 0.6 is 23.2 Å². The Morgan fingerprint density at radius 2 is 1.65 bits per heavy atom. The maximum atomic E-state index is 12.9. The van der Waals surface area contributed by atoms with Crippen molar-refractivity contribution >= 4 is 44.8 Å². The van der Waals surface area contributed by atoms with Crippen LogP contribution in [0.1, 0.15) is 12.8 Å². The van der Waals surface area contributed by atoms with Crippen LogP contribution in [-0.2, 0) is 14.8 Å². The Bertz CT molecular complexity index is 1050. The Kier molecular flexibility index (Phi) is 7.04. The molecule has 0 radical (unpaired) electrons. The molecule has 0 spiro atoms. The highest BCUT2D eigenvalue weighted by Gasteiger charge is 2.35. The van der Waals surface area contributed by atoms with Crippen molar-refractivity contribution < 1.29 is 31.1 Å². The predicted octanol–water partition coefficient (Wildman–Crippen LogP) is 4.93. The lowest BCUT2D eigenvalue weighted by molar-refractivity contribution is -0.274. The molecule has 0 aliphatic carbocycles. The maximum absolute atomic E-state index is 12.9. The second-order valence-corrected chi connectivity index (χ2v) is 9.48. The third-order valence-electron chi connectivity index (χ3n) is 4.68. The summed E-state index contributed by atoms with van der Waals surface area (Å²) < 4.78 is 67.9. The van der Waals surface area contributed by atoms with Crippen LogP contribution in [0.15, 0.2) is 47.4 Å². The molecule has 1 saturated heterocycles. The van der Waals surface area contributed by atoms with Gasteiger partial charge in [0.1, 0.15) is 10.6 Å². The molecule has 2 aromatic rings. The van der Waals surface area contributed by atoms with Gasteiger partial charge in [0.05, 0.1) is 10.0 Å². The molecule has 12 heteroatoms. The number of anilines is 1. The van der Waals surface area contributed by atoms with Crippen molar-refractivity contribution in [3.8, 4) is 5.75 Å². The number of rotatable bonds is 5. The van der Waals surface area contributed by atoms with Crippen molar-refractivity contribution in [3.05, 3.63) is 52.5 Å². The average Bonchev–Trinajstić information content (AvgIpc) is 2.66. The number of amides is 1. The molecule has 1 N–H and O–H groups in total. The lowest BCUT2D eigenvalue weighted by atomic mass is 9.97. The number of benzene rings is 2. The van der Waals surface area contributed by atoms with Gasteiger partial charge in [-0.3, -0.25) is 4.79 Å². The van der Waals surface area contributed by atoms with E-state index in [1.54, 1.807) is 0 Å². The van der Waals surface area contributed by atoms with Crippen LogP contribution in [0.2, 0.25) is 10.0 Å². The molecule has 0 bridgehead atoms. The van der Waals surface area contributed by atoms with Crippen molar-refractivity contribution in [2.45, 2.75) is 24.1 Å². The number of alkyl halides is 3. The van der Waals surface area contributed by atoms with Crippen LogP contribution in [0.5, 0.6) is 5.75 Å². The fourth-order valence-electron chi connectivity index (χ4n) is 3.23. The summed E-state index contributed by atoms with van der Waals surface area (Å²) in [5, 5.41) is 2.56. The van der Waals surface area contributed by atoms with Crippen LogP contribution in [0, 0.1) is 5.92 Å². The molecule has 0 atom stereocenters. The monoisotopic (exact) mass is 496 g/mol. The first-order chi connectivity index (χ1) is 14.5. The molecule has 3 rings (SSSR count). The second-order valence-electron chi connectivity index (χ2n) is 6.79. The van der Waals surface area contributed by atoms with Gasteiger partial charge in [-0.25, -0.2) is 8.42 Å². The highest BCUT2D eigenvalue weighted by Crippen LogP contribution is 2.33. The van der Waals surface area contributed by atoms with E-state index in [2.05, 4.69) is 10.1 Å². The van der Waals surface area contributed by atoms with Gasteiger partial charge in [-0.05, 0) is 37.1 Å². The summed E-state index contributed by atoms with van der Waals surface area (Å²) in [5.41, 5.74) is 0.143. The molecule has 1 aliphatic heterocycles. The molecular weight excluding hydrogens is 480 g/mol. The van der Waals surface area contributed by atoms with Gasteiger partial charge in [0, 0.05) is 30.8 Å². The summed E-state index contributed by atoms with van der Waals surface area (Å²) in [4.78, 5) is 12.3. The largest absolute Gasteiger partial charge is 0.573 e.